The van der Waals surface area contributed by atoms with Crippen molar-refractivity contribution in [2.45, 2.75) is 19.8 Å². The Labute approximate surface area is 102 Å². The lowest BCUT2D eigenvalue weighted by Gasteiger charge is -2.14. The van der Waals surface area contributed by atoms with E-state index in [2.05, 4.69) is 18.8 Å². The zero-order valence-electron chi connectivity index (χ0n) is 10.2. The number of allylic oxidation sites excluding steroid dienone is 5. The fourth-order valence-electron chi connectivity index (χ4n) is 1.43. The number of rotatable bonds is 5. The molecule has 4 heteroatoms. The Bertz CT molecular complexity index is 417. The Morgan fingerprint density at radius 2 is 2.24 bits per heavy atom. The summed E-state index contributed by atoms with van der Waals surface area (Å²) in [7, 11) is 1.62. The number of carbonyl (C=O) groups excluding carboxylic acids is 1. The van der Waals surface area contributed by atoms with E-state index in [1.807, 2.05) is 12.2 Å². The number of ether oxygens (including phenoxy) is 1. The highest BCUT2D eigenvalue weighted by atomic mass is 16.5. The number of likely N-dealkylation sites (N-methyl/N-ethyl adjacent to an activating group) is 1. The summed E-state index contributed by atoms with van der Waals surface area (Å²) in [4.78, 5) is 11.0. The van der Waals surface area contributed by atoms with Gasteiger partial charge in [0.25, 0.3) is 5.91 Å². The molecule has 0 aliphatic heterocycles. The summed E-state index contributed by atoms with van der Waals surface area (Å²) in [5, 5.41) is 2.69. The third kappa shape index (κ3) is 4.18. The first kappa shape index (κ1) is 13.1. The van der Waals surface area contributed by atoms with Gasteiger partial charge in [-0.15, -0.1) is 0 Å². The van der Waals surface area contributed by atoms with Crippen LogP contribution < -0.4 is 11.1 Å². The first-order chi connectivity index (χ1) is 8.02. The third-order valence-corrected chi connectivity index (χ3v) is 2.42. The van der Waals surface area contributed by atoms with Crippen LogP contribution in [-0.4, -0.2) is 13.0 Å². The van der Waals surface area contributed by atoms with Crippen LogP contribution in [0.15, 0.2) is 47.6 Å². The van der Waals surface area contributed by atoms with Gasteiger partial charge in [-0.1, -0.05) is 18.2 Å². The number of nitrogens with two attached hydrogens (primary N) is 1. The van der Waals surface area contributed by atoms with Crippen molar-refractivity contribution in [2.75, 3.05) is 7.05 Å². The van der Waals surface area contributed by atoms with Gasteiger partial charge in [0.15, 0.2) is 0 Å². The second-order valence-corrected chi connectivity index (χ2v) is 3.89. The quantitative estimate of drug-likeness (QED) is 0.432. The molecule has 0 heterocycles. The summed E-state index contributed by atoms with van der Waals surface area (Å²) < 4.78 is 5.52. The van der Waals surface area contributed by atoms with Crippen LogP contribution in [-0.2, 0) is 9.53 Å². The number of carbonyl (C=O) groups is 1. The molecule has 1 aliphatic rings. The molecule has 92 valence electrons. The van der Waals surface area contributed by atoms with Crippen molar-refractivity contribution in [1.29, 1.82) is 0 Å². The summed E-state index contributed by atoms with van der Waals surface area (Å²) in [6.45, 7) is 5.81. The molecule has 4 nitrogen and oxygen atoms in total. The zero-order valence-corrected chi connectivity index (χ0v) is 10.2. The molecule has 0 fully saturated rings. The molecule has 0 saturated carbocycles. The van der Waals surface area contributed by atoms with Crippen LogP contribution in [0.3, 0.4) is 0 Å². The molecule has 1 rings (SSSR count). The number of hydrogen-bond donors (Lipinski definition) is 2. The second-order valence-electron chi connectivity index (χ2n) is 3.89. The van der Waals surface area contributed by atoms with E-state index < -0.39 is 5.91 Å². The highest BCUT2D eigenvalue weighted by molar-refractivity contribution is 5.91. The minimum atomic E-state index is -0.536. The summed E-state index contributed by atoms with van der Waals surface area (Å²) >= 11 is 0. The first-order valence-electron chi connectivity index (χ1n) is 5.45. The van der Waals surface area contributed by atoms with Crippen molar-refractivity contribution in [3.05, 3.63) is 47.6 Å². The molecule has 0 radical (unpaired) electrons. The van der Waals surface area contributed by atoms with E-state index in [-0.39, 0.29) is 5.70 Å². The summed E-state index contributed by atoms with van der Waals surface area (Å²) in [5.74, 6) is 0.703. The van der Waals surface area contributed by atoms with Crippen molar-refractivity contribution in [2.24, 2.45) is 5.73 Å². The maximum atomic E-state index is 11.0. The van der Waals surface area contributed by atoms with E-state index >= 15 is 0 Å². The van der Waals surface area contributed by atoms with Crippen LogP contribution in [0.5, 0.6) is 0 Å². The lowest BCUT2D eigenvalue weighted by molar-refractivity contribution is -0.114. The van der Waals surface area contributed by atoms with E-state index in [4.69, 9.17) is 10.5 Å². The van der Waals surface area contributed by atoms with Gasteiger partial charge in [0, 0.05) is 19.5 Å². The average molecular weight is 234 g/mol. The fraction of sp³-hybridized carbons (Fsp3) is 0.308. The third-order valence-electron chi connectivity index (χ3n) is 2.42. The van der Waals surface area contributed by atoms with E-state index in [9.17, 15) is 4.79 Å². The van der Waals surface area contributed by atoms with Gasteiger partial charge in [-0.05, 0) is 19.4 Å². The summed E-state index contributed by atoms with van der Waals surface area (Å²) in [6, 6.07) is 0. The van der Waals surface area contributed by atoms with Crippen molar-refractivity contribution in [3.63, 3.8) is 0 Å². The Kier molecular flexibility index (Phi) is 4.57. The maximum absolute atomic E-state index is 11.0. The lowest BCUT2D eigenvalue weighted by atomic mass is 10.1. The number of nitrogens with one attached hydrogen (secondary N) is 1. The molecule has 0 saturated heterocycles. The monoisotopic (exact) mass is 234 g/mol. The van der Waals surface area contributed by atoms with Gasteiger partial charge in [0.05, 0.1) is 0 Å². The molecule has 0 unspecified atom stereocenters. The van der Waals surface area contributed by atoms with Gasteiger partial charge in [-0.3, -0.25) is 4.79 Å². The van der Waals surface area contributed by atoms with Crippen LogP contribution >= 0.6 is 0 Å². The normalized spacial score (nSPS) is 15.8. The summed E-state index contributed by atoms with van der Waals surface area (Å²) in [5.41, 5.74) is 6.76. The SMILES string of the molecule is C=C(/C=C(\NC)C(N)=O)OC1=CC=C(C)CC1. The second kappa shape index (κ2) is 5.94. The van der Waals surface area contributed by atoms with Gasteiger partial charge in [0.1, 0.15) is 17.2 Å². The van der Waals surface area contributed by atoms with Crippen LogP contribution in [0.25, 0.3) is 0 Å². The van der Waals surface area contributed by atoms with Gasteiger partial charge < -0.3 is 15.8 Å². The van der Waals surface area contributed by atoms with E-state index in [0.29, 0.717) is 5.76 Å². The van der Waals surface area contributed by atoms with Gasteiger partial charge in [-0.25, -0.2) is 0 Å². The molecule has 0 aromatic carbocycles. The standard InChI is InChI=1S/C13H18N2O2/c1-9-4-6-11(7-5-9)17-10(2)8-12(15-3)13(14)16/h4,6,8,15H,2,5,7H2,1,3H3,(H2,14,16)/b12-8-. The highest BCUT2D eigenvalue weighted by Gasteiger charge is 2.07. The molecule has 0 aromatic heterocycles. The number of hydrogen-bond acceptors (Lipinski definition) is 3. The lowest BCUT2D eigenvalue weighted by Crippen LogP contribution is -2.23. The predicted molar refractivity (Wildman–Crippen MR) is 67.6 cm³/mol. The average Bonchev–Trinajstić information content (AvgIpc) is 2.28. The van der Waals surface area contributed by atoms with E-state index in [0.717, 1.165) is 18.6 Å². The number of primary amides is 1. The molecule has 17 heavy (non-hydrogen) atoms. The maximum Gasteiger partial charge on any atom is 0.264 e. The zero-order chi connectivity index (χ0) is 12.8. The Morgan fingerprint density at radius 1 is 1.53 bits per heavy atom. The van der Waals surface area contributed by atoms with Crippen LogP contribution in [0.4, 0.5) is 0 Å². The summed E-state index contributed by atoms with van der Waals surface area (Å²) in [6.07, 6.45) is 7.26. The van der Waals surface area contributed by atoms with Crippen molar-refractivity contribution in [3.8, 4) is 0 Å². The smallest absolute Gasteiger partial charge is 0.264 e. The van der Waals surface area contributed by atoms with E-state index in [1.165, 1.54) is 11.6 Å². The Hall–Kier alpha value is -1.97. The molecular formula is C13H18N2O2. The first-order valence-corrected chi connectivity index (χ1v) is 5.45. The molecule has 1 amide bonds. The molecule has 0 bridgehead atoms. The highest BCUT2D eigenvalue weighted by Crippen LogP contribution is 2.20. The van der Waals surface area contributed by atoms with Crippen molar-refractivity contribution >= 4 is 5.91 Å². The van der Waals surface area contributed by atoms with E-state index in [1.54, 1.807) is 7.05 Å². The Balaban J connectivity index is 2.64. The van der Waals surface area contributed by atoms with Gasteiger partial charge in [0.2, 0.25) is 0 Å². The predicted octanol–water partition coefficient (Wildman–Crippen LogP) is 1.73. The topological polar surface area (TPSA) is 64.3 Å². The molecule has 1 aliphatic carbocycles. The van der Waals surface area contributed by atoms with Gasteiger partial charge >= 0.3 is 0 Å². The van der Waals surface area contributed by atoms with Crippen molar-refractivity contribution in [1.82, 2.24) is 5.32 Å². The molecule has 0 aromatic rings. The van der Waals surface area contributed by atoms with Crippen LogP contribution in [0.2, 0.25) is 0 Å². The molecular weight excluding hydrogens is 216 g/mol. The molecule has 0 spiro atoms. The minimum Gasteiger partial charge on any atom is -0.462 e. The minimum absolute atomic E-state index is 0.276. The van der Waals surface area contributed by atoms with Crippen molar-refractivity contribution < 1.29 is 9.53 Å². The molecule has 3 N–H and O–H groups in total. The largest absolute Gasteiger partial charge is 0.462 e. The molecule has 0 atom stereocenters. The Morgan fingerprint density at radius 3 is 2.71 bits per heavy atom. The van der Waals surface area contributed by atoms with Gasteiger partial charge in [-0.2, -0.15) is 0 Å². The van der Waals surface area contributed by atoms with Crippen LogP contribution in [0.1, 0.15) is 19.8 Å². The van der Waals surface area contributed by atoms with Crippen LogP contribution in [0, 0.1) is 0 Å². The fourth-order valence-corrected chi connectivity index (χ4v) is 1.43. The number of amides is 1.